The van der Waals surface area contributed by atoms with E-state index in [1.165, 1.54) is 4.88 Å². The summed E-state index contributed by atoms with van der Waals surface area (Å²) < 4.78 is 0. The average Bonchev–Trinajstić information content (AvgIpc) is 2.78. The highest BCUT2D eigenvalue weighted by Gasteiger charge is 2.21. The molecule has 1 aromatic heterocycles. The zero-order chi connectivity index (χ0) is 11.4. The van der Waals surface area contributed by atoms with Gasteiger partial charge >= 0.3 is 0 Å². The van der Waals surface area contributed by atoms with Crippen LogP contribution in [0.3, 0.4) is 0 Å². The SMILES string of the molecule is CCc1cnc(NC(=O)C2CCCNC2)s1.Cl. The molecule has 0 radical (unpaired) electrons. The van der Waals surface area contributed by atoms with Gasteiger partial charge in [-0.05, 0) is 25.8 Å². The van der Waals surface area contributed by atoms with Crippen LogP contribution in [0.25, 0.3) is 0 Å². The molecule has 1 aliphatic heterocycles. The summed E-state index contributed by atoms with van der Waals surface area (Å²) in [5, 5.41) is 6.86. The summed E-state index contributed by atoms with van der Waals surface area (Å²) in [4.78, 5) is 17.3. The smallest absolute Gasteiger partial charge is 0.230 e. The summed E-state index contributed by atoms with van der Waals surface area (Å²) >= 11 is 1.56. The second-order valence-electron chi connectivity index (χ2n) is 4.02. The number of aryl methyl sites for hydroxylation is 1. The number of nitrogens with zero attached hydrogens (tertiary/aromatic N) is 1. The van der Waals surface area contributed by atoms with Gasteiger partial charge in [-0.1, -0.05) is 6.92 Å². The first-order valence-electron chi connectivity index (χ1n) is 5.76. The fourth-order valence-corrected chi connectivity index (χ4v) is 2.57. The van der Waals surface area contributed by atoms with Crippen LogP contribution in [0.1, 0.15) is 24.6 Å². The molecular weight excluding hydrogens is 258 g/mol. The van der Waals surface area contributed by atoms with E-state index in [0.717, 1.165) is 37.5 Å². The number of aromatic nitrogens is 1. The number of hydrogen-bond donors (Lipinski definition) is 2. The van der Waals surface area contributed by atoms with Gasteiger partial charge in [-0.15, -0.1) is 23.7 Å². The summed E-state index contributed by atoms with van der Waals surface area (Å²) in [6.07, 6.45) is 4.86. The molecule has 1 amide bonds. The molecule has 2 N–H and O–H groups in total. The third kappa shape index (κ3) is 3.94. The number of thiazole rings is 1. The maximum atomic E-state index is 11.9. The van der Waals surface area contributed by atoms with Crippen LogP contribution in [-0.2, 0) is 11.2 Å². The molecule has 1 aliphatic rings. The molecule has 1 unspecified atom stereocenters. The lowest BCUT2D eigenvalue weighted by Gasteiger charge is -2.21. The van der Waals surface area contributed by atoms with Crippen LogP contribution in [0.5, 0.6) is 0 Å². The Balaban J connectivity index is 0.00000144. The Bertz CT molecular complexity index is 363. The number of halogens is 1. The largest absolute Gasteiger partial charge is 0.316 e. The molecule has 2 rings (SSSR count). The van der Waals surface area contributed by atoms with Gasteiger partial charge in [0.05, 0.1) is 5.92 Å². The van der Waals surface area contributed by atoms with Gasteiger partial charge in [0.15, 0.2) is 5.13 Å². The maximum absolute atomic E-state index is 11.9. The zero-order valence-corrected chi connectivity index (χ0v) is 11.5. The van der Waals surface area contributed by atoms with Crippen molar-refractivity contribution in [2.45, 2.75) is 26.2 Å². The summed E-state index contributed by atoms with van der Waals surface area (Å²) in [5.74, 6) is 0.201. The molecule has 2 heterocycles. The summed E-state index contributed by atoms with van der Waals surface area (Å²) in [7, 11) is 0. The minimum atomic E-state index is 0. The van der Waals surface area contributed by atoms with E-state index in [1.807, 2.05) is 6.20 Å². The average molecular weight is 276 g/mol. The van der Waals surface area contributed by atoms with Gasteiger partial charge in [-0.2, -0.15) is 0 Å². The van der Waals surface area contributed by atoms with Gasteiger partial charge in [-0.3, -0.25) is 4.79 Å². The van der Waals surface area contributed by atoms with Gasteiger partial charge in [0.2, 0.25) is 5.91 Å². The van der Waals surface area contributed by atoms with Gasteiger partial charge in [0.1, 0.15) is 0 Å². The molecule has 6 heteroatoms. The van der Waals surface area contributed by atoms with E-state index in [1.54, 1.807) is 11.3 Å². The molecule has 96 valence electrons. The van der Waals surface area contributed by atoms with Crippen molar-refractivity contribution >= 4 is 34.8 Å². The van der Waals surface area contributed by atoms with Crippen molar-refractivity contribution in [2.24, 2.45) is 5.92 Å². The number of carbonyl (C=O) groups is 1. The fraction of sp³-hybridized carbons (Fsp3) is 0.636. The highest BCUT2D eigenvalue weighted by atomic mass is 35.5. The Kier molecular flexibility index (Phi) is 5.88. The van der Waals surface area contributed by atoms with Gasteiger partial charge in [0, 0.05) is 17.6 Å². The molecule has 4 nitrogen and oxygen atoms in total. The zero-order valence-electron chi connectivity index (χ0n) is 9.86. The first-order chi connectivity index (χ1) is 7.79. The summed E-state index contributed by atoms with van der Waals surface area (Å²) in [6, 6.07) is 0. The molecular formula is C11H18ClN3OS. The van der Waals surface area contributed by atoms with E-state index in [2.05, 4.69) is 22.5 Å². The van der Waals surface area contributed by atoms with Gasteiger partial charge in [0.25, 0.3) is 0 Å². The Morgan fingerprint density at radius 2 is 2.53 bits per heavy atom. The molecule has 0 aliphatic carbocycles. The first kappa shape index (κ1) is 14.4. The van der Waals surface area contributed by atoms with E-state index < -0.39 is 0 Å². The van der Waals surface area contributed by atoms with E-state index in [-0.39, 0.29) is 24.2 Å². The number of carbonyl (C=O) groups excluding carboxylic acids is 1. The van der Waals surface area contributed by atoms with Crippen molar-refractivity contribution in [3.8, 4) is 0 Å². The van der Waals surface area contributed by atoms with Crippen molar-refractivity contribution in [3.05, 3.63) is 11.1 Å². The third-order valence-corrected chi connectivity index (χ3v) is 3.86. The number of nitrogens with one attached hydrogen (secondary N) is 2. The van der Waals surface area contributed by atoms with Crippen molar-refractivity contribution < 1.29 is 4.79 Å². The Morgan fingerprint density at radius 3 is 3.12 bits per heavy atom. The van der Waals surface area contributed by atoms with Crippen molar-refractivity contribution in [1.82, 2.24) is 10.3 Å². The molecule has 17 heavy (non-hydrogen) atoms. The van der Waals surface area contributed by atoms with Crippen LogP contribution in [0, 0.1) is 5.92 Å². The van der Waals surface area contributed by atoms with Crippen LogP contribution in [0.15, 0.2) is 6.20 Å². The second kappa shape index (κ2) is 6.93. The van der Waals surface area contributed by atoms with Crippen LogP contribution < -0.4 is 10.6 Å². The van der Waals surface area contributed by atoms with E-state index in [0.29, 0.717) is 0 Å². The standard InChI is InChI=1S/C11H17N3OS.ClH/c1-2-9-7-13-11(16-9)14-10(15)8-4-3-5-12-6-8;/h7-8,12H,2-6H2,1H3,(H,13,14,15);1H. The Hall–Kier alpha value is -0.650. The number of anilines is 1. The topological polar surface area (TPSA) is 54.0 Å². The minimum absolute atomic E-state index is 0. The minimum Gasteiger partial charge on any atom is -0.316 e. The summed E-state index contributed by atoms with van der Waals surface area (Å²) in [6.45, 7) is 3.91. The quantitative estimate of drug-likeness (QED) is 0.888. The Labute approximate surface area is 112 Å². The first-order valence-corrected chi connectivity index (χ1v) is 6.57. The van der Waals surface area contributed by atoms with Crippen molar-refractivity contribution in [1.29, 1.82) is 0 Å². The van der Waals surface area contributed by atoms with E-state index >= 15 is 0 Å². The number of amides is 1. The number of piperidine rings is 1. The second-order valence-corrected chi connectivity index (χ2v) is 5.13. The predicted octanol–water partition coefficient (Wildman–Crippen LogP) is 2.07. The highest BCUT2D eigenvalue weighted by molar-refractivity contribution is 7.15. The highest BCUT2D eigenvalue weighted by Crippen LogP contribution is 2.20. The summed E-state index contributed by atoms with van der Waals surface area (Å²) in [5.41, 5.74) is 0. The molecule has 0 aromatic carbocycles. The number of rotatable bonds is 3. The van der Waals surface area contributed by atoms with Crippen LogP contribution in [0.2, 0.25) is 0 Å². The van der Waals surface area contributed by atoms with E-state index in [9.17, 15) is 4.79 Å². The molecule has 0 bridgehead atoms. The Morgan fingerprint density at radius 1 is 1.71 bits per heavy atom. The monoisotopic (exact) mass is 275 g/mol. The molecule has 1 aromatic rings. The fourth-order valence-electron chi connectivity index (χ4n) is 1.81. The van der Waals surface area contributed by atoms with Crippen LogP contribution >= 0.6 is 23.7 Å². The molecule has 0 saturated carbocycles. The predicted molar refractivity (Wildman–Crippen MR) is 73.0 cm³/mol. The normalized spacial score (nSPS) is 19.5. The van der Waals surface area contributed by atoms with Crippen LogP contribution in [-0.4, -0.2) is 24.0 Å². The van der Waals surface area contributed by atoms with Gasteiger partial charge in [-0.25, -0.2) is 4.98 Å². The lowest BCUT2D eigenvalue weighted by molar-refractivity contribution is -0.120. The maximum Gasteiger partial charge on any atom is 0.230 e. The van der Waals surface area contributed by atoms with Crippen molar-refractivity contribution in [2.75, 3.05) is 18.4 Å². The molecule has 1 fully saturated rings. The molecule has 1 atom stereocenters. The molecule has 0 spiro atoms. The van der Waals surface area contributed by atoms with Gasteiger partial charge < -0.3 is 10.6 Å². The van der Waals surface area contributed by atoms with Crippen molar-refractivity contribution in [3.63, 3.8) is 0 Å². The van der Waals surface area contributed by atoms with E-state index in [4.69, 9.17) is 0 Å². The number of hydrogen-bond acceptors (Lipinski definition) is 4. The lowest BCUT2D eigenvalue weighted by atomic mass is 9.99. The third-order valence-electron chi connectivity index (χ3n) is 2.80. The lowest BCUT2D eigenvalue weighted by Crippen LogP contribution is -2.37. The molecule has 1 saturated heterocycles. The van der Waals surface area contributed by atoms with Crippen LogP contribution in [0.4, 0.5) is 5.13 Å².